The minimum absolute atomic E-state index is 0.953. The first-order valence-corrected chi connectivity index (χ1v) is 11.6. The summed E-state index contributed by atoms with van der Waals surface area (Å²) in [4.78, 5) is 0. The molecule has 0 heterocycles. The van der Waals surface area contributed by atoms with Crippen LogP contribution in [0.2, 0.25) is 0 Å². The van der Waals surface area contributed by atoms with Crippen molar-refractivity contribution in [2.45, 2.75) is 0 Å². The third-order valence-corrected chi connectivity index (χ3v) is 5.69. The topological polar surface area (TPSA) is 48.8 Å². The monoisotopic (exact) mass is 546 g/mol. The molecule has 4 rings (SSSR count). The first-order valence-electron chi connectivity index (χ1n) is 9.97. The third-order valence-electron chi connectivity index (χ3n) is 4.63. The van der Waals surface area contributed by atoms with E-state index in [-0.39, 0.29) is 0 Å². The highest BCUT2D eigenvalue weighted by Crippen LogP contribution is 2.23. The number of anilines is 4. The highest BCUT2D eigenvalue weighted by molar-refractivity contribution is 9.10. The largest absolute Gasteiger partial charge is 0.355 e. The number of para-hydroxylation sites is 2. The molecule has 0 aliphatic heterocycles. The molecule has 0 aliphatic carbocycles. The number of hydrogen-bond acceptors (Lipinski definition) is 4. The van der Waals surface area contributed by atoms with Crippen LogP contribution in [0.3, 0.4) is 0 Å². The Balaban J connectivity index is 1.47. The molecule has 0 amide bonds. The van der Waals surface area contributed by atoms with Crippen LogP contribution in [-0.4, -0.2) is 12.4 Å². The lowest BCUT2D eigenvalue weighted by atomic mass is 10.2. The maximum Gasteiger partial charge on any atom is 0.0588 e. The second-order valence-electron chi connectivity index (χ2n) is 6.93. The van der Waals surface area contributed by atoms with E-state index >= 15 is 0 Å². The number of rotatable bonds is 7. The molecule has 2 N–H and O–H groups in total. The van der Waals surface area contributed by atoms with Crippen LogP contribution >= 0.6 is 31.9 Å². The Labute approximate surface area is 204 Å². The fourth-order valence-electron chi connectivity index (χ4n) is 3.02. The van der Waals surface area contributed by atoms with Crippen LogP contribution < -0.4 is 10.6 Å². The van der Waals surface area contributed by atoms with Crippen molar-refractivity contribution in [2.24, 2.45) is 10.2 Å². The van der Waals surface area contributed by atoms with Gasteiger partial charge in [0.25, 0.3) is 0 Å². The number of nitrogens with one attached hydrogen (secondary N) is 2. The van der Waals surface area contributed by atoms with E-state index in [2.05, 4.69) is 52.7 Å². The summed E-state index contributed by atoms with van der Waals surface area (Å²) < 4.78 is 2.09. The van der Waals surface area contributed by atoms with Crippen molar-refractivity contribution in [1.29, 1.82) is 0 Å². The first kappa shape index (κ1) is 22.0. The lowest BCUT2D eigenvalue weighted by Gasteiger charge is -2.09. The summed E-state index contributed by atoms with van der Waals surface area (Å²) in [5, 5.41) is 15.4. The average molecular weight is 548 g/mol. The summed E-state index contributed by atoms with van der Waals surface area (Å²) in [6, 6.07) is 32.1. The van der Waals surface area contributed by atoms with Crippen LogP contribution in [0.1, 0.15) is 11.1 Å². The lowest BCUT2D eigenvalue weighted by molar-refractivity contribution is 1.26. The van der Waals surface area contributed by atoms with E-state index in [0.29, 0.717) is 0 Å². The Hall–Kier alpha value is -3.22. The molecule has 0 radical (unpaired) electrons. The van der Waals surface area contributed by atoms with E-state index in [1.807, 2.05) is 97.1 Å². The van der Waals surface area contributed by atoms with Gasteiger partial charge in [0.2, 0.25) is 0 Å². The van der Waals surface area contributed by atoms with Crippen molar-refractivity contribution in [3.05, 3.63) is 117 Å². The molecule has 4 aromatic carbocycles. The molecular formula is C26H20Br2N4. The van der Waals surface area contributed by atoms with Crippen LogP contribution in [0.15, 0.2) is 116 Å². The third kappa shape index (κ3) is 6.15. The smallest absolute Gasteiger partial charge is 0.0588 e. The highest BCUT2D eigenvalue weighted by atomic mass is 79.9. The van der Waals surface area contributed by atoms with Gasteiger partial charge in [0.15, 0.2) is 0 Å². The van der Waals surface area contributed by atoms with Crippen molar-refractivity contribution in [1.82, 2.24) is 0 Å². The number of hydrogen-bond donors (Lipinski definition) is 2. The molecule has 32 heavy (non-hydrogen) atoms. The molecule has 0 saturated heterocycles. The Bertz CT molecular complexity index is 1130. The zero-order chi connectivity index (χ0) is 22.2. The molecular weight excluding hydrogens is 528 g/mol. The summed E-state index contributed by atoms with van der Waals surface area (Å²) in [5.41, 5.74) is 5.84. The average Bonchev–Trinajstić information content (AvgIpc) is 2.82. The van der Waals surface area contributed by atoms with Gasteiger partial charge < -0.3 is 10.6 Å². The van der Waals surface area contributed by atoms with E-state index in [1.165, 1.54) is 0 Å². The summed E-state index contributed by atoms with van der Waals surface area (Å²) >= 11 is 6.92. The van der Waals surface area contributed by atoms with Gasteiger partial charge in [-0.05, 0) is 60.7 Å². The zero-order valence-electron chi connectivity index (χ0n) is 17.0. The van der Waals surface area contributed by atoms with Gasteiger partial charge in [0.1, 0.15) is 0 Å². The maximum absolute atomic E-state index is 4.28. The van der Waals surface area contributed by atoms with E-state index in [0.717, 1.165) is 42.8 Å². The molecule has 0 aromatic heterocycles. The van der Waals surface area contributed by atoms with Crippen LogP contribution in [0.25, 0.3) is 0 Å². The zero-order valence-corrected chi connectivity index (χ0v) is 20.2. The summed E-state index contributed by atoms with van der Waals surface area (Å²) in [6.07, 6.45) is 3.50. The second-order valence-corrected chi connectivity index (χ2v) is 8.76. The molecule has 0 aliphatic rings. The van der Waals surface area contributed by atoms with Gasteiger partial charge in [0.05, 0.1) is 12.4 Å². The Kier molecular flexibility index (Phi) is 7.48. The molecule has 0 unspecified atom stereocenters. The Morgan fingerprint density at radius 1 is 0.500 bits per heavy atom. The molecule has 0 spiro atoms. The van der Waals surface area contributed by atoms with Crippen LogP contribution in [0.5, 0.6) is 0 Å². The predicted molar refractivity (Wildman–Crippen MR) is 143 cm³/mol. The maximum atomic E-state index is 4.28. The van der Waals surface area contributed by atoms with E-state index in [9.17, 15) is 0 Å². The molecule has 6 heteroatoms. The van der Waals surface area contributed by atoms with E-state index in [1.54, 1.807) is 12.4 Å². The van der Waals surface area contributed by atoms with Gasteiger partial charge in [-0.2, -0.15) is 10.2 Å². The lowest BCUT2D eigenvalue weighted by Crippen LogP contribution is -1.95. The summed E-state index contributed by atoms with van der Waals surface area (Å²) in [5.74, 6) is 0. The van der Waals surface area contributed by atoms with Crippen molar-refractivity contribution < 1.29 is 0 Å². The first-order chi connectivity index (χ1) is 15.7. The van der Waals surface area contributed by atoms with Crippen LogP contribution in [0.4, 0.5) is 22.7 Å². The van der Waals surface area contributed by atoms with Gasteiger partial charge >= 0.3 is 0 Å². The molecule has 158 valence electrons. The quantitative estimate of drug-likeness (QED) is 0.181. The standard InChI is InChI=1S/C26H20Br2N4/c27-21-9-13-23(14-10-21)31-25-7-3-1-5-19(25)17-29-30-18-20-6-2-4-8-26(20)32-24-15-11-22(28)12-16-24/h1-18,31-32H. The van der Waals surface area contributed by atoms with Crippen molar-refractivity contribution in [2.75, 3.05) is 10.6 Å². The fraction of sp³-hybridized carbons (Fsp3) is 0. The second kappa shape index (κ2) is 10.9. The van der Waals surface area contributed by atoms with Gasteiger partial charge in [-0.1, -0.05) is 68.3 Å². The minimum Gasteiger partial charge on any atom is -0.355 e. The number of benzene rings is 4. The molecule has 0 bridgehead atoms. The minimum atomic E-state index is 0.953. The Morgan fingerprint density at radius 2 is 0.875 bits per heavy atom. The van der Waals surface area contributed by atoms with Crippen molar-refractivity contribution >= 4 is 67.0 Å². The van der Waals surface area contributed by atoms with E-state index in [4.69, 9.17) is 0 Å². The molecule has 0 saturated carbocycles. The molecule has 4 aromatic rings. The van der Waals surface area contributed by atoms with Crippen molar-refractivity contribution in [3.8, 4) is 0 Å². The predicted octanol–water partition coefficient (Wildman–Crippen LogP) is 8.15. The number of nitrogens with zero attached hydrogens (tertiary/aromatic N) is 2. The van der Waals surface area contributed by atoms with Gasteiger partial charge in [0, 0.05) is 42.8 Å². The fourth-order valence-corrected chi connectivity index (χ4v) is 3.54. The Morgan fingerprint density at radius 3 is 1.28 bits per heavy atom. The van der Waals surface area contributed by atoms with Gasteiger partial charge in [-0.3, -0.25) is 0 Å². The highest BCUT2D eigenvalue weighted by Gasteiger charge is 2.02. The van der Waals surface area contributed by atoms with Crippen LogP contribution in [0, 0.1) is 0 Å². The summed E-state index contributed by atoms with van der Waals surface area (Å²) in [6.45, 7) is 0. The molecule has 4 nitrogen and oxygen atoms in total. The molecule has 0 atom stereocenters. The normalized spacial score (nSPS) is 11.2. The number of halogens is 2. The molecule has 0 fully saturated rings. The van der Waals surface area contributed by atoms with Crippen LogP contribution in [-0.2, 0) is 0 Å². The van der Waals surface area contributed by atoms with Gasteiger partial charge in [-0.15, -0.1) is 0 Å². The van der Waals surface area contributed by atoms with Crippen molar-refractivity contribution in [3.63, 3.8) is 0 Å². The van der Waals surface area contributed by atoms with E-state index < -0.39 is 0 Å². The SMILES string of the molecule is Brc1ccc(Nc2ccccc2C=NN=Cc2ccccc2Nc2ccc(Br)cc2)cc1. The van der Waals surface area contributed by atoms with Gasteiger partial charge in [-0.25, -0.2) is 0 Å². The summed E-state index contributed by atoms with van der Waals surface area (Å²) in [7, 11) is 0.